The van der Waals surface area contributed by atoms with Crippen LogP contribution in [0, 0.1) is 0 Å². The van der Waals surface area contributed by atoms with E-state index < -0.39 is 12.0 Å². The van der Waals surface area contributed by atoms with Crippen molar-refractivity contribution in [1.29, 1.82) is 0 Å². The summed E-state index contributed by atoms with van der Waals surface area (Å²) in [6.07, 6.45) is 3.48. The van der Waals surface area contributed by atoms with Crippen molar-refractivity contribution in [3.8, 4) is 0 Å². The van der Waals surface area contributed by atoms with E-state index in [-0.39, 0.29) is 29.8 Å². The molecule has 0 unspecified atom stereocenters. The Morgan fingerprint density at radius 2 is 2.22 bits per heavy atom. The summed E-state index contributed by atoms with van der Waals surface area (Å²) in [5, 5.41) is 2.40. The lowest BCUT2D eigenvalue weighted by Gasteiger charge is -2.25. The third-order valence-corrected chi connectivity index (χ3v) is 4.99. The largest absolute Gasteiger partial charge is 0.466 e. The van der Waals surface area contributed by atoms with Crippen molar-refractivity contribution in [2.75, 3.05) is 12.4 Å². The van der Waals surface area contributed by atoms with Crippen LogP contribution in [0.2, 0.25) is 0 Å². The van der Waals surface area contributed by atoms with Crippen molar-refractivity contribution in [2.45, 2.75) is 37.2 Å². The van der Waals surface area contributed by atoms with Gasteiger partial charge in [-0.25, -0.2) is 4.79 Å². The molecular weight excluding hydrogens is 320 g/mol. The van der Waals surface area contributed by atoms with E-state index in [2.05, 4.69) is 5.32 Å². The molecule has 2 heterocycles. The average molecular weight is 338 g/mol. The third kappa shape index (κ3) is 3.69. The third-order valence-electron chi connectivity index (χ3n) is 3.71. The zero-order valence-corrected chi connectivity index (χ0v) is 13.5. The normalized spacial score (nSPS) is 23.6. The quantitative estimate of drug-likeness (QED) is 0.808. The lowest BCUT2D eigenvalue weighted by molar-refractivity contribution is -0.156. The summed E-state index contributed by atoms with van der Waals surface area (Å²) in [4.78, 5) is 37.2. The minimum absolute atomic E-state index is 0.222. The number of hydrogen-bond donors (Lipinski definition) is 1. The molecule has 1 saturated carbocycles. The molecule has 124 valence electrons. The zero-order chi connectivity index (χ0) is 16.4. The van der Waals surface area contributed by atoms with Crippen LogP contribution in [-0.2, 0) is 19.1 Å². The van der Waals surface area contributed by atoms with Gasteiger partial charge in [0.25, 0.3) is 5.91 Å². The van der Waals surface area contributed by atoms with Gasteiger partial charge in [-0.1, -0.05) is 0 Å². The number of carbonyl (C=O) groups excluding carboxylic acids is 3. The lowest BCUT2D eigenvalue weighted by Crippen LogP contribution is -2.43. The van der Waals surface area contributed by atoms with Crippen molar-refractivity contribution in [2.24, 2.45) is 0 Å². The maximum absolute atomic E-state index is 12.2. The van der Waals surface area contributed by atoms with E-state index in [4.69, 9.17) is 9.15 Å². The van der Waals surface area contributed by atoms with Crippen LogP contribution in [0.1, 0.15) is 30.9 Å². The van der Waals surface area contributed by atoms with Crippen LogP contribution < -0.4 is 5.32 Å². The van der Waals surface area contributed by atoms with Crippen LogP contribution in [0.5, 0.6) is 0 Å². The Hall–Kier alpha value is -1.96. The minimum atomic E-state index is -0.707. The SMILES string of the molecule is CC(=O)N1[C@H](C(=O)OCC(=O)NC2CC2)CS[C@H]1c1ccco1. The highest BCUT2D eigenvalue weighted by atomic mass is 32.2. The topological polar surface area (TPSA) is 88.8 Å². The van der Waals surface area contributed by atoms with Crippen molar-refractivity contribution in [3.63, 3.8) is 0 Å². The Balaban J connectivity index is 1.60. The van der Waals surface area contributed by atoms with Gasteiger partial charge in [-0.05, 0) is 25.0 Å². The first-order chi connectivity index (χ1) is 11.1. The van der Waals surface area contributed by atoms with Gasteiger partial charge in [-0.15, -0.1) is 11.8 Å². The fraction of sp³-hybridized carbons (Fsp3) is 0.533. The molecule has 0 bridgehead atoms. The molecule has 3 rings (SSSR count). The molecule has 8 heteroatoms. The van der Waals surface area contributed by atoms with Crippen molar-refractivity contribution in [1.82, 2.24) is 10.2 Å². The fourth-order valence-corrected chi connectivity index (χ4v) is 3.87. The van der Waals surface area contributed by atoms with Gasteiger partial charge in [0.2, 0.25) is 5.91 Å². The molecule has 1 saturated heterocycles. The number of nitrogens with one attached hydrogen (secondary N) is 1. The molecule has 23 heavy (non-hydrogen) atoms. The molecule has 2 fully saturated rings. The summed E-state index contributed by atoms with van der Waals surface area (Å²) < 4.78 is 10.4. The molecule has 1 aliphatic carbocycles. The van der Waals surface area contributed by atoms with Crippen molar-refractivity contribution >= 4 is 29.5 Å². The summed E-state index contributed by atoms with van der Waals surface area (Å²) in [7, 11) is 0. The Morgan fingerprint density at radius 3 is 2.83 bits per heavy atom. The van der Waals surface area contributed by atoms with Gasteiger partial charge in [0, 0.05) is 18.7 Å². The number of thioether (sulfide) groups is 1. The highest BCUT2D eigenvalue weighted by molar-refractivity contribution is 7.99. The Bertz CT molecular complexity index is 599. The van der Waals surface area contributed by atoms with Gasteiger partial charge in [-0.2, -0.15) is 0 Å². The summed E-state index contributed by atoms with van der Waals surface area (Å²) in [5.41, 5.74) is 0. The van der Waals surface area contributed by atoms with Gasteiger partial charge in [0.05, 0.1) is 6.26 Å². The number of amides is 2. The van der Waals surface area contributed by atoms with E-state index in [1.54, 1.807) is 12.1 Å². The first-order valence-corrected chi connectivity index (χ1v) is 8.51. The number of rotatable bonds is 5. The first kappa shape index (κ1) is 15.9. The van der Waals surface area contributed by atoms with Crippen LogP contribution in [0.4, 0.5) is 0 Å². The van der Waals surface area contributed by atoms with Crippen molar-refractivity contribution < 1.29 is 23.5 Å². The first-order valence-electron chi connectivity index (χ1n) is 7.46. The second kappa shape index (κ2) is 6.66. The van der Waals surface area contributed by atoms with Crippen LogP contribution in [0.3, 0.4) is 0 Å². The molecule has 2 atom stereocenters. The standard InChI is InChI=1S/C15H18N2O5S/c1-9(18)17-11(8-23-14(17)12-3-2-6-21-12)15(20)22-7-13(19)16-10-4-5-10/h2-3,6,10-11,14H,4-5,7-8H2,1H3,(H,16,19)/t11-,14-/m0/s1. The monoisotopic (exact) mass is 338 g/mol. The molecule has 2 amide bonds. The maximum atomic E-state index is 12.2. The van der Waals surface area contributed by atoms with Crippen LogP contribution in [-0.4, -0.2) is 47.1 Å². The number of esters is 1. The highest BCUT2D eigenvalue weighted by Gasteiger charge is 2.43. The molecule has 0 radical (unpaired) electrons. The fourth-order valence-electron chi connectivity index (χ4n) is 2.45. The average Bonchev–Trinajstić information content (AvgIpc) is 3.03. The second-order valence-electron chi connectivity index (χ2n) is 5.59. The number of furan rings is 1. The number of ether oxygens (including phenoxy) is 1. The molecule has 0 spiro atoms. The number of nitrogens with zero attached hydrogens (tertiary/aromatic N) is 1. The molecule has 1 aliphatic heterocycles. The summed E-state index contributed by atoms with van der Waals surface area (Å²) >= 11 is 1.44. The number of hydrogen-bond acceptors (Lipinski definition) is 6. The summed E-state index contributed by atoms with van der Waals surface area (Å²) in [6, 6.07) is 3.02. The van der Waals surface area contributed by atoms with E-state index in [9.17, 15) is 14.4 Å². The van der Waals surface area contributed by atoms with Gasteiger partial charge in [0.1, 0.15) is 17.2 Å². The van der Waals surface area contributed by atoms with Gasteiger partial charge in [0.15, 0.2) is 6.61 Å². The predicted molar refractivity (Wildman–Crippen MR) is 82.3 cm³/mol. The van der Waals surface area contributed by atoms with Crippen LogP contribution in [0.15, 0.2) is 22.8 Å². The van der Waals surface area contributed by atoms with Gasteiger partial charge in [-0.3, -0.25) is 9.59 Å². The smallest absolute Gasteiger partial charge is 0.330 e. The van der Waals surface area contributed by atoms with Crippen LogP contribution in [0.25, 0.3) is 0 Å². The zero-order valence-electron chi connectivity index (χ0n) is 12.7. The number of carbonyl (C=O) groups is 3. The van der Waals surface area contributed by atoms with E-state index >= 15 is 0 Å². The maximum Gasteiger partial charge on any atom is 0.330 e. The van der Waals surface area contributed by atoms with Gasteiger partial charge < -0.3 is 19.4 Å². The predicted octanol–water partition coefficient (Wildman–Crippen LogP) is 1.06. The highest BCUT2D eigenvalue weighted by Crippen LogP contribution is 2.41. The Labute approximate surface area is 137 Å². The molecule has 7 nitrogen and oxygen atoms in total. The molecule has 0 aromatic carbocycles. The van der Waals surface area contributed by atoms with E-state index in [0.717, 1.165) is 12.8 Å². The molecule has 1 aromatic heterocycles. The molecular formula is C15H18N2O5S. The van der Waals surface area contributed by atoms with Gasteiger partial charge >= 0.3 is 5.97 Å². The lowest BCUT2D eigenvalue weighted by atomic mass is 10.2. The van der Waals surface area contributed by atoms with E-state index in [1.165, 1.54) is 29.8 Å². The van der Waals surface area contributed by atoms with Crippen LogP contribution >= 0.6 is 11.8 Å². The summed E-state index contributed by atoms with van der Waals surface area (Å²) in [6.45, 7) is 1.09. The van der Waals surface area contributed by atoms with E-state index in [0.29, 0.717) is 11.5 Å². The summed E-state index contributed by atoms with van der Waals surface area (Å²) in [5.74, 6) is -0.0717. The molecule has 1 aromatic rings. The minimum Gasteiger partial charge on any atom is -0.466 e. The molecule has 1 N–H and O–H groups in total. The van der Waals surface area contributed by atoms with E-state index in [1.807, 2.05) is 0 Å². The Morgan fingerprint density at radius 1 is 1.43 bits per heavy atom. The Kier molecular flexibility index (Phi) is 4.61. The molecule has 2 aliphatic rings. The van der Waals surface area contributed by atoms with Crippen molar-refractivity contribution in [3.05, 3.63) is 24.2 Å². The second-order valence-corrected chi connectivity index (χ2v) is 6.71.